The van der Waals surface area contributed by atoms with Crippen molar-refractivity contribution in [1.29, 1.82) is 0 Å². The van der Waals surface area contributed by atoms with Crippen LogP contribution in [0.3, 0.4) is 0 Å². The van der Waals surface area contributed by atoms with Gasteiger partial charge in [-0.05, 0) is 24.1 Å². The summed E-state index contributed by atoms with van der Waals surface area (Å²) in [4.78, 5) is 22.2. The van der Waals surface area contributed by atoms with Crippen LogP contribution in [0.15, 0.2) is 36.1 Å². The van der Waals surface area contributed by atoms with Crippen molar-refractivity contribution in [3.63, 3.8) is 0 Å². The zero-order valence-electron chi connectivity index (χ0n) is 7.37. The molecule has 0 aromatic heterocycles. The van der Waals surface area contributed by atoms with Gasteiger partial charge in [-0.3, -0.25) is 9.59 Å². The van der Waals surface area contributed by atoms with Crippen LogP contribution < -0.4 is 0 Å². The first-order valence-corrected chi connectivity index (χ1v) is 3.85. The molecule has 0 aromatic carbocycles. The molecule has 0 aromatic rings. The van der Waals surface area contributed by atoms with Crippen molar-refractivity contribution < 1.29 is 14.3 Å². The van der Waals surface area contributed by atoms with E-state index < -0.39 is 11.6 Å². The lowest BCUT2D eigenvalue weighted by Gasteiger charge is -2.09. The van der Waals surface area contributed by atoms with Gasteiger partial charge in [0.1, 0.15) is 0 Å². The summed E-state index contributed by atoms with van der Waals surface area (Å²) in [6, 6.07) is 0. The number of carbonyl (C=O) groups excluding carboxylic acids is 2. The van der Waals surface area contributed by atoms with Gasteiger partial charge in [-0.2, -0.15) is 0 Å². The second-order valence-corrected chi connectivity index (χ2v) is 2.62. The number of rotatable bonds is 3. The molecular formula is C10H10O3. The molecule has 0 N–H and O–H groups in total. The second kappa shape index (κ2) is 3.85. The molecule has 1 aliphatic carbocycles. The summed E-state index contributed by atoms with van der Waals surface area (Å²) in [5.74, 6) is -1.02. The summed E-state index contributed by atoms with van der Waals surface area (Å²) >= 11 is 0. The fraction of sp³-hybridized carbons (Fsp3) is 0.200. The lowest BCUT2D eigenvalue weighted by Crippen LogP contribution is -2.19. The molecule has 0 unspecified atom stereocenters. The quantitative estimate of drug-likeness (QED) is 0.370. The van der Waals surface area contributed by atoms with Gasteiger partial charge in [-0.25, -0.2) is 0 Å². The highest BCUT2D eigenvalue weighted by Gasteiger charge is 2.22. The number of hydrogen-bond donors (Lipinski definition) is 0. The van der Waals surface area contributed by atoms with Crippen molar-refractivity contribution in [3.8, 4) is 0 Å². The molecule has 0 spiro atoms. The van der Waals surface area contributed by atoms with Crippen LogP contribution in [-0.2, 0) is 14.3 Å². The predicted molar refractivity (Wildman–Crippen MR) is 48.0 cm³/mol. The Morgan fingerprint density at radius 3 is 2.69 bits per heavy atom. The Morgan fingerprint density at radius 1 is 1.46 bits per heavy atom. The molecule has 0 bridgehead atoms. The van der Waals surface area contributed by atoms with Crippen LogP contribution in [0, 0.1) is 0 Å². The van der Waals surface area contributed by atoms with Crippen LogP contribution in [0.5, 0.6) is 0 Å². The first-order chi connectivity index (χ1) is 6.19. The highest BCUT2D eigenvalue weighted by atomic mass is 16.5. The maximum absolute atomic E-state index is 11.1. The van der Waals surface area contributed by atoms with Crippen molar-refractivity contribution >= 4 is 11.6 Å². The second-order valence-electron chi connectivity index (χ2n) is 2.62. The Hall–Kier alpha value is -1.64. The molecule has 0 saturated carbocycles. The van der Waals surface area contributed by atoms with Gasteiger partial charge < -0.3 is 4.74 Å². The molecular weight excluding hydrogens is 168 g/mol. The van der Waals surface area contributed by atoms with Gasteiger partial charge in [-0.1, -0.05) is 6.08 Å². The highest BCUT2D eigenvalue weighted by Crippen LogP contribution is 2.15. The van der Waals surface area contributed by atoms with Gasteiger partial charge in [-0.15, -0.1) is 6.58 Å². The van der Waals surface area contributed by atoms with Crippen LogP contribution >= 0.6 is 0 Å². The third-order valence-corrected chi connectivity index (χ3v) is 1.68. The number of Topliss-reactive ketones (excluding diaryl/α,β-unsaturated/α-hetero) is 1. The van der Waals surface area contributed by atoms with E-state index in [1.165, 1.54) is 13.2 Å². The average Bonchev–Trinajstić information content (AvgIpc) is 2.11. The van der Waals surface area contributed by atoms with Crippen molar-refractivity contribution in [1.82, 2.24) is 0 Å². The first kappa shape index (κ1) is 9.45. The fourth-order valence-corrected chi connectivity index (χ4v) is 1.07. The average molecular weight is 178 g/mol. The normalized spacial score (nSPS) is 16.4. The highest BCUT2D eigenvalue weighted by molar-refractivity contribution is 6.47. The molecule has 13 heavy (non-hydrogen) atoms. The van der Waals surface area contributed by atoms with Crippen LogP contribution in [0.1, 0.15) is 6.42 Å². The van der Waals surface area contributed by atoms with E-state index in [2.05, 4.69) is 6.58 Å². The molecule has 0 fully saturated rings. The number of ketones is 2. The molecule has 0 amide bonds. The summed E-state index contributed by atoms with van der Waals surface area (Å²) in [5, 5.41) is 0. The maximum atomic E-state index is 11.1. The largest absolute Gasteiger partial charge is 0.492 e. The van der Waals surface area contributed by atoms with Crippen molar-refractivity contribution in [2.45, 2.75) is 6.42 Å². The van der Waals surface area contributed by atoms with E-state index in [1.54, 1.807) is 12.2 Å². The Kier molecular flexibility index (Phi) is 2.80. The maximum Gasteiger partial charge on any atom is 0.267 e. The lowest BCUT2D eigenvalue weighted by atomic mass is 10.0. The van der Waals surface area contributed by atoms with Crippen LogP contribution in [0.25, 0.3) is 0 Å². The van der Waals surface area contributed by atoms with E-state index in [1.807, 2.05) is 0 Å². The van der Waals surface area contributed by atoms with Crippen molar-refractivity contribution in [2.24, 2.45) is 0 Å². The summed E-state index contributed by atoms with van der Waals surface area (Å²) in [6.45, 7) is 3.54. The van der Waals surface area contributed by atoms with E-state index in [-0.39, 0.29) is 5.76 Å². The molecule has 0 atom stereocenters. The molecule has 0 aliphatic heterocycles. The third-order valence-electron chi connectivity index (χ3n) is 1.68. The minimum absolute atomic E-state index is 0.101. The first-order valence-electron chi connectivity index (χ1n) is 3.85. The molecule has 0 radical (unpaired) electrons. The lowest BCUT2D eigenvalue weighted by molar-refractivity contribution is -0.133. The van der Waals surface area contributed by atoms with E-state index in [9.17, 15) is 9.59 Å². The third kappa shape index (κ3) is 1.93. The summed E-state index contributed by atoms with van der Waals surface area (Å²) in [6.07, 6.45) is 5.10. The fourth-order valence-electron chi connectivity index (χ4n) is 1.07. The Balaban J connectivity index is 2.96. The van der Waals surface area contributed by atoms with Gasteiger partial charge in [0.25, 0.3) is 5.78 Å². The zero-order valence-corrected chi connectivity index (χ0v) is 7.37. The molecule has 68 valence electrons. The predicted octanol–water partition coefficient (Wildman–Crippen LogP) is 1.17. The smallest absolute Gasteiger partial charge is 0.267 e. The number of allylic oxidation sites excluding steroid dienone is 5. The van der Waals surface area contributed by atoms with Crippen LogP contribution in [-0.4, -0.2) is 18.7 Å². The van der Waals surface area contributed by atoms with Crippen LogP contribution in [0.4, 0.5) is 0 Å². The molecule has 1 rings (SSSR count). The summed E-state index contributed by atoms with van der Waals surface area (Å²) < 4.78 is 4.77. The molecule has 3 heteroatoms. The molecule has 1 aliphatic rings. The zero-order chi connectivity index (χ0) is 9.84. The Morgan fingerprint density at radius 2 is 2.15 bits per heavy atom. The SMILES string of the molecule is C=CCC1=CC(=O)C(=O)C(OC)=C1. The van der Waals surface area contributed by atoms with E-state index in [0.29, 0.717) is 6.42 Å². The van der Waals surface area contributed by atoms with Gasteiger partial charge in [0.2, 0.25) is 5.78 Å². The Bertz CT molecular complexity index is 321. The topological polar surface area (TPSA) is 43.4 Å². The Labute approximate surface area is 76.4 Å². The number of methoxy groups -OCH3 is 1. The summed E-state index contributed by atoms with van der Waals surface area (Å²) in [5.41, 5.74) is 0.747. The van der Waals surface area contributed by atoms with Gasteiger partial charge in [0.15, 0.2) is 5.76 Å². The standard InChI is InChI=1S/C10H10O3/c1-3-4-7-5-8(11)10(12)9(6-7)13-2/h3,5-6H,1,4H2,2H3. The monoisotopic (exact) mass is 178 g/mol. The van der Waals surface area contributed by atoms with E-state index in [0.717, 1.165) is 5.57 Å². The van der Waals surface area contributed by atoms with E-state index in [4.69, 9.17) is 4.74 Å². The van der Waals surface area contributed by atoms with Gasteiger partial charge in [0, 0.05) is 0 Å². The molecule has 0 heterocycles. The van der Waals surface area contributed by atoms with E-state index >= 15 is 0 Å². The number of ether oxygens (including phenoxy) is 1. The number of carbonyl (C=O) groups is 2. The molecule has 3 nitrogen and oxygen atoms in total. The number of hydrogen-bond acceptors (Lipinski definition) is 3. The van der Waals surface area contributed by atoms with Crippen molar-refractivity contribution in [3.05, 3.63) is 36.1 Å². The minimum atomic E-state index is -0.588. The van der Waals surface area contributed by atoms with Gasteiger partial charge >= 0.3 is 0 Å². The summed E-state index contributed by atoms with van der Waals surface area (Å²) in [7, 11) is 1.37. The van der Waals surface area contributed by atoms with Crippen LogP contribution in [0.2, 0.25) is 0 Å². The van der Waals surface area contributed by atoms with Gasteiger partial charge in [0.05, 0.1) is 7.11 Å². The minimum Gasteiger partial charge on any atom is -0.492 e. The van der Waals surface area contributed by atoms with Crippen molar-refractivity contribution in [2.75, 3.05) is 7.11 Å². The molecule has 0 saturated heterocycles.